The lowest BCUT2D eigenvalue weighted by Crippen LogP contribution is -2.13. The van der Waals surface area contributed by atoms with E-state index in [2.05, 4.69) is 20.6 Å². The fraction of sp³-hybridized carbons (Fsp3) is 0.267. The Bertz CT molecular complexity index is 713. The lowest BCUT2D eigenvalue weighted by molar-refractivity contribution is 0.660. The Kier molecular flexibility index (Phi) is 3.79. The van der Waals surface area contributed by atoms with Gasteiger partial charge in [-0.3, -0.25) is 4.68 Å². The van der Waals surface area contributed by atoms with E-state index in [9.17, 15) is 0 Å². The summed E-state index contributed by atoms with van der Waals surface area (Å²) in [7, 11) is 1.93. The molecule has 0 aliphatic heterocycles. The molecule has 0 amide bonds. The maximum absolute atomic E-state index is 4.46. The zero-order chi connectivity index (χ0) is 14.7. The van der Waals surface area contributed by atoms with E-state index in [1.807, 2.05) is 55.2 Å². The second kappa shape index (κ2) is 5.88. The van der Waals surface area contributed by atoms with Crippen molar-refractivity contribution in [3.63, 3.8) is 0 Å². The summed E-state index contributed by atoms with van der Waals surface area (Å²) in [6.45, 7) is 3.47. The number of aryl methyl sites for hydroxylation is 2. The van der Waals surface area contributed by atoms with Crippen molar-refractivity contribution >= 4 is 0 Å². The summed E-state index contributed by atoms with van der Waals surface area (Å²) in [5.74, 6) is 0. The van der Waals surface area contributed by atoms with Gasteiger partial charge in [0.05, 0.1) is 23.3 Å². The van der Waals surface area contributed by atoms with Crippen molar-refractivity contribution in [2.24, 2.45) is 7.05 Å². The van der Waals surface area contributed by atoms with Crippen LogP contribution in [0, 0.1) is 6.92 Å². The SMILES string of the molecule is Cc1nn(C)cc1CNCc1cnn(-c2ccccc2)n1. The molecule has 0 bridgehead atoms. The zero-order valence-electron chi connectivity index (χ0n) is 12.2. The van der Waals surface area contributed by atoms with Crippen LogP contribution in [0.5, 0.6) is 0 Å². The predicted octanol–water partition coefficient (Wildman–Crippen LogP) is 1.60. The number of benzene rings is 1. The van der Waals surface area contributed by atoms with Crippen LogP contribution in [-0.4, -0.2) is 24.8 Å². The van der Waals surface area contributed by atoms with E-state index in [-0.39, 0.29) is 0 Å². The van der Waals surface area contributed by atoms with Gasteiger partial charge in [-0.1, -0.05) is 18.2 Å². The first kappa shape index (κ1) is 13.5. The number of hydrogen-bond donors (Lipinski definition) is 1. The van der Waals surface area contributed by atoms with Crippen molar-refractivity contribution in [2.75, 3.05) is 0 Å². The van der Waals surface area contributed by atoms with Crippen LogP contribution in [0.25, 0.3) is 5.69 Å². The molecule has 0 fully saturated rings. The molecule has 0 saturated carbocycles. The molecule has 0 saturated heterocycles. The van der Waals surface area contributed by atoms with E-state index in [0.29, 0.717) is 6.54 Å². The molecule has 1 N–H and O–H groups in total. The molecule has 0 aliphatic carbocycles. The van der Waals surface area contributed by atoms with Crippen LogP contribution in [-0.2, 0) is 20.1 Å². The van der Waals surface area contributed by atoms with Gasteiger partial charge in [0.15, 0.2) is 0 Å². The monoisotopic (exact) mass is 282 g/mol. The van der Waals surface area contributed by atoms with Gasteiger partial charge in [0.2, 0.25) is 0 Å². The highest BCUT2D eigenvalue weighted by molar-refractivity contribution is 5.28. The Balaban J connectivity index is 1.59. The third-order valence-corrected chi connectivity index (χ3v) is 3.26. The van der Waals surface area contributed by atoms with Gasteiger partial charge < -0.3 is 5.32 Å². The molecule has 6 heteroatoms. The van der Waals surface area contributed by atoms with Gasteiger partial charge in [0.25, 0.3) is 0 Å². The maximum Gasteiger partial charge on any atom is 0.0969 e. The van der Waals surface area contributed by atoms with Gasteiger partial charge in [0.1, 0.15) is 0 Å². The number of para-hydroxylation sites is 1. The van der Waals surface area contributed by atoms with Gasteiger partial charge in [0, 0.05) is 31.9 Å². The van der Waals surface area contributed by atoms with Crippen LogP contribution in [0.2, 0.25) is 0 Å². The molecule has 3 aromatic rings. The van der Waals surface area contributed by atoms with Crippen LogP contribution in [0.15, 0.2) is 42.7 Å². The average Bonchev–Trinajstić information content (AvgIpc) is 3.07. The van der Waals surface area contributed by atoms with Crippen LogP contribution in [0.1, 0.15) is 17.0 Å². The quantitative estimate of drug-likeness (QED) is 0.772. The molecule has 1 aromatic carbocycles. The van der Waals surface area contributed by atoms with Gasteiger partial charge in [-0.25, -0.2) is 0 Å². The minimum Gasteiger partial charge on any atom is -0.307 e. The molecule has 6 nitrogen and oxygen atoms in total. The van der Waals surface area contributed by atoms with Crippen molar-refractivity contribution in [2.45, 2.75) is 20.0 Å². The largest absolute Gasteiger partial charge is 0.307 e. The molecule has 2 aromatic heterocycles. The topological polar surface area (TPSA) is 60.6 Å². The minimum atomic E-state index is 0.682. The Morgan fingerprint density at radius 3 is 2.62 bits per heavy atom. The molecule has 0 unspecified atom stereocenters. The molecule has 108 valence electrons. The molecular formula is C15H18N6. The highest BCUT2D eigenvalue weighted by Crippen LogP contribution is 2.06. The van der Waals surface area contributed by atoms with Crippen LogP contribution >= 0.6 is 0 Å². The third-order valence-electron chi connectivity index (χ3n) is 3.26. The van der Waals surface area contributed by atoms with Gasteiger partial charge >= 0.3 is 0 Å². The third kappa shape index (κ3) is 3.17. The predicted molar refractivity (Wildman–Crippen MR) is 79.8 cm³/mol. The zero-order valence-corrected chi connectivity index (χ0v) is 12.2. The molecular weight excluding hydrogens is 264 g/mol. The summed E-state index contributed by atoms with van der Waals surface area (Å²) in [5.41, 5.74) is 4.14. The van der Waals surface area contributed by atoms with Crippen molar-refractivity contribution in [3.05, 3.63) is 59.7 Å². The van der Waals surface area contributed by atoms with Gasteiger partial charge in [-0.05, 0) is 19.1 Å². The molecule has 21 heavy (non-hydrogen) atoms. The standard InChI is InChI=1S/C15H18N6/c1-12-13(11-20(2)18-12)8-16-9-14-10-17-21(19-14)15-6-4-3-5-7-15/h3-7,10-11,16H,8-9H2,1-2H3. The van der Waals surface area contributed by atoms with Gasteiger partial charge in [-0.2, -0.15) is 20.1 Å². The first-order valence-corrected chi connectivity index (χ1v) is 6.89. The average molecular weight is 282 g/mol. The number of nitrogens with zero attached hydrogens (tertiary/aromatic N) is 5. The van der Waals surface area contributed by atoms with E-state index in [1.54, 1.807) is 11.0 Å². The van der Waals surface area contributed by atoms with Crippen LogP contribution < -0.4 is 5.32 Å². The summed E-state index contributed by atoms with van der Waals surface area (Å²) in [5, 5.41) is 16.4. The lowest BCUT2D eigenvalue weighted by atomic mass is 10.2. The Hall–Kier alpha value is -2.47. The Morgan fingerprint density at radius 1 is 1.10 bits per heavy atom. The summed E-state index contributed by atoms with van der Waals surface area (Å²) in [4.78, 5) is 1.65. The minimum absolute atomic E-state index is 0.682. The summed E-state index contributed by atoms with van der Waals surface area (Å²) >= 11 is 0. The number of rotatable bonds is 5. The highest BCUT2D eigenvalue weighted by Gasteiger charge is 2.05. The molecule has 3 rings (SSSR count). The highest BCUT2D eigenvalue weighted by atomic mass is 15.5. The summed E-state index contributed by atoms with van der Waals surface area (Å²) in [6, 6.07) is 9.89. The smallest absolute Gasteiger partial charge is 0.0969 e. The molecule has 2 heterocycles. The van der Waals surface area contributed by atoms with E-state index >= 15 is 0 Å². The maximum atomic E-state index is 4.46. The van der Waals surface area contributed by atoms with Crippen molar-refractivity contribution in [1.82, 2.24) is 30.1 Å². The second-order valence-electron chi connectivity index (χ2n) is 4.98. The molecule has 0 aliphatic rings. The van der Waals surface area contributed by atoms with Crippen molar-refractivity contribution in [3.8, 4) is 5.69 Å². The number of aromatic nitrogens is 5. The molecule has 0 radical (unpaired) electrons. The van der Waals surface area contributed by atoms with Crippen molar-refractivity contribution < 1.29 is 0 Å². The lowest BCUT2D eigenvalue weighted by Gasteiger charge is -2.01. The van der Waals surface area contributed by atoms with Crippen LogP contribution in [0.4, 0.5) is 0 Å². The second-order valence-corrected chi connectivity index (χ2v) is 4.98. The molecule has 0 atom stereocenters. The Labute approximate surface area is 123 Å². The van der Waals surface area contributed by atoms with Crippen molar-refractivity contribution in [1.29, 1.82) is 0 Å². The fourth-order valence-corrected chi connectivity index (χ4v) is 2.21. The summed E-state index contributed by atoms with van der Waals surface area (Å²) < 4.78 is 1.83. The van der Waals surface area contributed by atoms with E-state index < -0.39 is 0 Å². The van der Waals surface area contributed by atoms with Gasteiger partial charge in [-0.15, -0.1) is 0 Å². The Morgan fingerprint density at radius 2 is 1.90 bits per heavy atom. The molecule has 0 spiro atoms. The number of nitrogens with one attached hydrogen (secondary N) is 1. The number of hydrogen-bond acceptors (Lipinski definition) is 4. The fourth-order valence-electron chi connectivity index (χ4n) is 2.21. The van der Waals surface area contributed by atoms with E-state index in [1.165, 1.54) is 5.56 Å². The first-order valence-electron chi connectivity index (χ1n) is 6.89. The summed E-state index contributed by atoms with van der Waals surface area (Å²) in [6.07, 6.45) is 3.82. The normalized spacial score (nSPS) is 11.0. The first-order chi connectivity index (χ1) is 10.2. The van der Waals surface area contributed by atoms with E-state index in [0.717, 1.165) is 23.6 Å². The van der Waals surface area contributed by atoms with E-state index in [4.69, 9.17) is 0 Å². The van der Waals surface area contributed by atoms with Crippen LogP contribution in [0.3, 0.4) is 0 Å².